The molecule has 0 saturated heterocycles. The molecule has 0 fully saturated rings. The summed E-state index contributed by atoms with van der Waals surface area (Å²) < 4.78 is 12.1. The first-order valence-electron chi connectivity index (χ1n) is 9.31. The SMILES string of the molecule is CC(C)(C)[Si](C)(C)Oc1ccc(C2=C(CO)c3ccc(Cl)cc3OC2)c(O)c1. The maximum absolute atomic E-state index is 10.7. The van der Waals surface area contributed by atoms with Crippen LogP contribution in [0.25, 0.3) is 11.1 Å². The van der Waals surface area contributed by atoms with E-state index in [9.17, 15) is 10.2 Å². The van der Waals surface area contributed by atoms with E-state index in [-0.39, 0.29) is 24.0 Å². The number of halogens is 1. The van der Waals surface area contributed by atoms with E-state index in [4.69, 9.17) is 20.8 Å². The number of phenolic OH excluding ortho intramolecular Hbond substituents is 1. The fraction of sp³-hybridized carbons (Fsp3) is 0.364. The van der Waals surface area contributed by atoms with Gasteiger partial charge < -0.3 is 19.4 Å². The summed E-state index contributed by atoms with van der Waals surface area (Å²) in [7, 11) is -2.00. The standard InChI is InChI=1S/C22H27ClO4Si/c1-22(2,3)28(4,5)27-15-7-9-16(20(25)11-15)19-13-26-21-10-14(23)6-8-17(21)18(19)12-24/h6-11,24-25H,12-13H2,1-5H3. The molecule has 0 unspecified atom stereocenters. The molecule has 0 radical (unpaired) electrons. The Bertz CT molecular complexity index is 929. The number of aliphatic hydroxyl groups is 1. The molecule has 3 rings (SSSR count). The number of aliphatic hydroxyl groups excluding tert-OH is 1. The number of hydrogen-bond acceptors (Lipinski definition) is 4. The van der Waals surface area contributed by atoms with Gasteiger partial charge in [-0.25, -0.2) is 0 Å². The molecule has 150 valence electrons. The summed E-state index contributed by atoms with van der Waals surface area (Å²) in [6.07, 6.45) is 0. The summed E-state index contributed by atoms with van der Waals surface area (Å²) in [4.78, 5) is 0. The number of hydrogen-bond donors (Lipinski definition) is 2. The Kier molecular flexibility index (Phi) is 5.54. The lowest BCUT2D eigenvalue weighted by Gasteiger charge is -2.36. The normalized spacial score (nSPS) is 14.5. The van der Waals surface area contributed by atoms with Crippen molar-refractivity contribution in [2.45, 2.75) is 38.9 Å². The zero-order valence-corrected chi connectivity index (χ0v) is 18.7. The molecule has 0 spiro atoms. The predicted molar refractivity (Wildman–Crippen MR) is 117 cm³/mol. The van der Waals surface area contributed by atoms with Gasteiger partial charge in [-0.1, -0.05) is 32.4 Å². The lowest BCUT2D eigenvalue weighted by Crippen LogP contribution is -2.43. The topological polar surface area (TPSA) is 58.9 Å². The number of rotatable bonds is 4. The third kappa shape index (κ3) is 3.92. The minimum Gasteiger partial charge on any atom is -0.543 e. The van der Waals surface area contributed by atoms with Crippen molar-refractivity contribution in [2.24, 2.45) is 0 Å². The van der Waals surface area contributed by atoms with E-state index in [1.54, 1.807) is 18.2 Å². The van der Waals surface area contributed by atoms with Gasteiger partial charge in [0.2, 0.25) is 8.32 Å². The number of fused-ring (bicyclic) bond motifs is 1. The van der Waals surface area contributed by atoms with Crippen LogP contribution in [0, 0.1) is 0 Å². The minimum absolute atomic E-state index is 0.0655. The van der Waals surface area contributed by atoms with Crippen LogP contribution in [0.4, 0.5) is 0 Å². The van der Waals surface area contributed by atoms with Crippen LogP contribution < -0.4 is 9.16 Å². The summed E-state index contributed by atoms with van der Waals surface area (Å²) in [6, 6.07) is 10.7. The van der Waals surface area contributed by atoms with Crippen molar-refractivity contribution in [2.75, 3.05) is 13.2 Å². The quantitative estimate of drug-likeness (QED) is 0.623. The van der Waals surface area contributed by atoms with Gasteiger partial charge >= 0.3 is 0 Å². The Morgan fingerprint density at radius 2 is 1.79 bits per heavy atom. The third-order valence-electron chi connectivity index (χ3n) is 5.64. The Hall–Kier alpha value is -1.95. The zero-order valence-electron chi connectivity index (χ0n) is 17.0. The predicted octanol–water partition coefficient (Wildman–Crippen LogP) is 5.73. The first-order chi connectivity index (χ1) is 13.0. The van der Waals surface area contributed by atoms with Gasteiger partial charge in [0, 0.05) is 27.8 Å². The van der Waals surface area contributed by atoms with Crippen LogP contribution in [0.5, 0.6) is 17.2 Å². The van der Waals surface area contributed by atoms with Crippen molar-refractivity contribution >= 4 is 31.1 Å². The number of benzene rings is 2. The number of phenols is 1. The van der Waals surface area contributed by atoms with Gasteiger partial charge in [-0.3, -0.25) is 0 Å². The van der Waals surface area contributed by atoms with Gasteiger partial charge in [-0.05, 0) is 54.0 Å². The highest BCUT2D eigenvalue weighted by Gasteiger charge is 2.39. The molecule has 0 aromatic heterocycles. The van der Waals surface area contributed by atoms with Gasteiger partial charge in [0.05, 0.1) is 6.61 Å². The maximum Gasteiger partial charge on any atom is 0.250 e. The summed E-state index contributed by atoms with van der Waals surface area (Å²) in [6.45, 7) is 11.0. The summed E-state index contributed by atoms with van der Waals surface area (Å²) in [5.74, 6) is 1.40. The molecule has 2 N–H and O–H groups in total. The highest BCUT2D eigenvalue weighted by atomic mass is 35.5. The first kappa shape index (κ1) is 20.8. The minimum atomic E-state index is -2.00. The molecule has 1 aliphatic heterocycles. The molecule has 6 heteroatoms. The van der Waals surface area contributed by atoms with Crippen molar-refractivity contribution in [1.29, 1.82) is 0 Å². The molecule has 2 aromatic rings. The maximum atomic E-state index is 10.7. The van der Waals surface area contributed by atoms with Crippen LogP contribution >= 0.6 is 11.6 Å². The van der Waals surface area contributed by atoms with Crippen LogP contribution in [0.15, 0.2) is 36.4 Å². The van der Waals surface area contributed by atoms with Gasteiger partial charge in [0.25, 0.3) is 0 Å². The molecule has 28 heavy (non-hydrogen) atoms. The van der Waals surface area contributed by atoms with Crippen molar-refractivity contribution < 1.29 is 19.4 Å². The Morgan fingerprint density at radius 3 is 2.39 bits per heavy atom. The Labute approximate surface area is 172 Å². The average Bonchev–Trinajstić information content (AvgIpc) is 2.59. The third-order valence-corrected chi connectivity index (χ3v) is 10.2. The zero-order chi connectivity index (χ0) is 20.7. The fourth-order valence-electron chi connectivity index (χ4n) is 2.96. The van der Waals surface area contributed by atoms with E-state index >= 15 is 0 Å². The van der Waals surface area contributed by atoms with Crippen molar-refractivity contribution in [1.82, 2.24) is 0 Å². The van der Waals surface area contributed by atoms with Gasteiger partial charge in [0.1, 0.15) is 23.9 Å². The lowest BCUT2D eigenvalue weighted by molar-refractivity contribution is 0.337. The fourth-order valence-corrected chi connectivity index (χ4v) is 4.15. The molecule has 0 atom stereocenters. The smallest absolute Gasteiger partial charge is 0.250 e. The van der Waals surface area contributed by atoms with Gasteiger partial charge in [-0.2, -0.15) is 0 Å². The summed E-state index contributed by atoms with van der Waals surface area (Å²) in [5, 5.41) is 21.3. The van der Waals surface area contributed by atoms with Crippen LogP contribution in [-0.4, -0.2) is 31.7 Å². The summed E-state index contributed by atoms with van der Waals surface area (Å²) in [5.41, 5.74) is 2.90. The van der Waals surface area contributed by atoms with E-state index in [2.05, 4.69) is 33.9 Å². The molecule has 1 heterocycles. The lowest BCUT2D eigenvalue weighted by atomic mass is 9.92. The van der Waals surface area contributed by atoms with Crippen molar-refractivity contribution in [3.05, 3.63) is 52.5 Å². The van der Waals surface area contributed by atoms with Crippen molar-refractivity contribution in [3.63, 3.8) is 0 Å². The van der Waals surface area contributed by atoms with E-state index in [1.807, 2.05) is 18.2 Å². The molecule has 1 aliphatic rings. The Balaban J connectivity index is 1.99. The first-order valence-corrected chi connectivity index (χ1v) is 12.6. The largest absolute Gasteiger partial charge is 0.543 e. The van der Waals surface area contributed by atoms with Crippen LogP contribution in [0.1, 0.15) is 31.9 Å². The molecular weight excluding hydrogens is 392 g/mol. The van der Waals surface area contributed by atoms with E-state index in [0.717, 1.165) is 16.7 Å². The molecule has 0 aliphatic carbocycles. The highest BCUT2D eigenvalue weighted by molar-refractivity contribution is 6.74. The summed E-state index contributed by atoms with van der Waals surface area (Å²) >= 11 is 6.04. The Morgan fingerprint density at radius 1 is 1.11 bits per heavy atom. The molecule has 0 bridgehead atoms. The van der Waals surface area contributed by atoms with Crippen LogP contribution in [0.3, 0.4) is 0 Å². The number of aromatic hydroxyl groups is 1. The van der Waals surface area contributed by atoms with Gasteiger partial charge in [0.15, 0.2) is 0 Å². The molecule has 0 amide bonds. The molecule has 0 saturated carbocycles. The van der Waals surface area contributed by atoms with Crippen LogP contribution in [0.2, 0.25) is 23.2 Å². The molecular formula is C22H27ClO4Si. The second-order valence-electron chi connectivity index (χ2n) is 8.59. The highest BCUT2D eigenvalue weighted by Crippen LogP contribution is 2.42. The second kappa shape index (κ2) is 7.47. The van der Waals surface area contributed by atoms with Crippen molar-refractivity contribution in [3.8, 4) is 17.2 Å². The monoisotopic (exact) mass is 418 g/mol. The second-order valence-corrected chi connectivity index (χ2v) is 13.7. The number of ether oxygens (including phenoxy) is 1. The van der Waals surface area contributed by atoms with Gasteiger partial charge in [-0.15, -0.1) is 0 Å². The van der Waals surface area contributed by atoms with E-state index in [0.29, 0.717) is 22.1 Å². The van der Waals surface area contributed by atoms with E-state index in [1.165, 1.54) is 0 Å². The van der Waals surface area contributed by atoms with E-state index < -0.39 is 8.32 Å². The van der Waals surface area contributed by atoms with Crippen LogP contribution in [-0.2, 0) is 0 Å². The molecule has 4 nitrogen and oxygen atoms in total. The molecule has 2 aromatic carbocycles. The average molecular weight is 419 g/mol.